The lowest BCUT2D eigenvalue weighted by Crippen LogP contribution is -2.41. The Bertz CT molecular complexity index is 1300. The summed E-state index contributed by atoms with van der Waals surface area (Å²) >= 11 is 12.6. The Morgan fingerprint density at radius 2 is 1.97 bits per heavy atom. The lowest BCUT2D eigenvalue weighted by molar-refractivity contribution is -0.385. The number of nitrogens with one attached hydrogen (secondary N) is 2. The van der Waals surface area contributed by atoms with Crippen molar-refractivity contribution in [2.75, 3.05) is 11.9 Å². The molecule has 4 aromatic rings. The minimum absolute atomic E-state index is 0.111. The number of H-pyrrole nitrogens is 1. The summed E-state index contributed by atoms with van der Waals surface area (Å²) in [7, 11) is 0. The summed E-state index contributed by atoms with van der Waals surface area (Å²) in [5.74, 6) is 1.34. The maximum atomic E-state index is 10.9. The number of pyridine rings is 1. The number of hydrogen-bond donors (Lipinski definition) is 3. The predicted octanol–water partition coefficient (Wildman–Crippen LogP) is 4.43. The van der Waals surface area contributed by atoms with E-state index in [-0.39, 0.29) is 12.2 Å². The van der Waals surface area contributed by atoms with Crippen LogP contribution in [0.15, 0.2) is 55.1 Å². The van der Waals surface area contributed by atoms with Crippen molar-refractivity contribution < 1.29 is 4.92 Å². The van der Waals surface area contributed by atoms with Gasteiger partial charge in [0.2, 0.25) is 0 Å². The molecule has 0 bridgehead atoms. The number of anilines is 1. The van der Waals surface area contributed by atoms with Crippen LogP contribution in [0.25, 0.3) is 22.6 Å². The van der Waals surface area contributed by atoms with Gasteiger partial charge in [0.1, 0.15) is 23.4 Å². The summed E-state index contributed by atoms with van der Waals surface area (Å²) in [5, 5.41) is 15.0. The average molecular weight is 485 g/mol. The van der Waals surface area contributed by atoms with Gasteiger partial charge in [0.25, 0.3) is 5.69 Å². The SMILES string of the molecule is CC(CN)(Nc1ccc([N+](=O)[O-])cn1)c1ncc(-c2ncc[nH]2)c(-c2ccc(Cl)cc2Cl)n1. The second-order valence-electron chi connectivity index (χ2n) is 7.34. The molecule has 12 heteroatoms. The molecule has 0 aliphatic carbocycles. The van der Waals surface area contributed by atoms with Crippen LogP contribution >= 0.6 is 23.2 Å². The first kappa shape index (κ1) is 22.6. The summed E-state index contributed by atoms with van der Waals surface area (Å²) in [6, 6.07) is 7.98. The Morgan fingerprint density at radius 3 is 2.58 bits per heavy atom. The molecule has 0 radical (unpaired) electrons. The zero-order chi connectivity index (χ0) is 23.6. The summed E-state index contributed by atoms with van der Waals surface area (Å²) < 4.78 is 0. The third-order valence-electron chi connectivity index (χ3n) is 4.99. The average Bonchev–Trinajstić information content (AvgIpc) is 3.34. The van der Waals surface area contributed by atoms with Crippen molar-refractivity contribution in [3.63, 3.8) is 0 Å². The van der Waals surface area contributed by atoms with Crippen molar-refractivity contribution in [3.05, 3.63) is 81.1 Å². The van der Waals surface area contributed by atoms with Crippen LogP contribution in [-0.2, 0) is 5.54 Å². The molecule has 0 fully saturated rings. The van der Waals surface area contributed by atoms with E-state index in [2.05, 4.69) is 25.3 Å². The van der Waals surface area contributed by atoms with Crippen LogP contribution in [-0.4, -0.2) is 36.4 Å². The highest BCUT2D eigenvalue weighted by molar-refractivity contribution is 6.36. The molecule has 0 saturated carbocycles. The molecule has 1 unspecified atom stereocenters. The molecule has 3 heterocycles. The molecular weight excluding hydrogens is 467 g/mol. The zero-order valence-corrected chi connectivity index (χ0v) is 18.8. The van der Waals surface area contributed by atoms with Crippen molar-refractivity contribution in [2.24, 2.45) is 5.73 Å². The van der Waals surface area contributed by atoms with E-state index in [1.165, 1.54) is 18.3 Å². The van der Waals surface area contributed by atoms with Crippen LogP contribution in [0.2, 0.25) is 10.0 Å². The first-order chi connectivity index (χ1) is 15.8. The number of aromatic nitrogens is 5. The monoisotopic (exact) mass is 484 g/mol. The number of benzene rings is 1. The fourth-order valence-corrected chi connectivity index (χ4v) is 3.67. The molecule has 10 nitrogen and oxygen atoms in total. The van der Waals surface area contributed by atoms with Crippen molar-refractivity contribution in [1.29, 1.82) is 0 Å². The van der Waals surface area contributed by atoms with Gasteiger partial charge in [0.05, 0.1) is 21.2 Å². The largest absolute Gasteiger partial charge is 0.357 e. The maximum absolute atomic E-state index is 10.9. The number of nitrogens with zero attached hydrogens (tertiary/aromatic N) is 5. The van der Waals surface area contributed by atoms with Crippen molar-refractivity contribution in [1.82, 2.24) is 24.9 Å². The Kier molecular flexibility index (Phi) is 6.23. The third kappa shape index (κ3) is 4.63. The molecule has 4 N–H and O–H groups in total. The van der Waals surface area contributed by atoms with E-state index in [1.807, 2.05) is 6.92 Å². The summed E-state index contributed by atoms with van der Waals surface area (Å²) in [5.41, 5.74) is 6.85. The fourth-order valence-electron chi connectivity index (χ4n) is 3.17. The molecule has 0 saturated heterocycles. The smallest absolute Gasteiger partial charge is 0.287 e. The van der Waals surface area contributed by atoms with Crippen LogP contribution in [0.1, 0.15) is 12.7 Å². The van der Waals surface area contributed by atoms with E-state index in [9.17, 15) is 10.1 Å². The number of rotatable bonds is 7. The van der Waals surface area contributed by atoms with Gasteiger partial charge in [-0.25, -0.2) is 19.9 Å². The summed E-state index contributed by atoms with van der Waals surface area (Å²) in [6.07, 6.45) is 6.13. The number of nitro groups is 1. The minimum Gasteiger partial charge on any atom is -0.357 e. The van der Waals surface area contributed by atoms with Gasteiger partial charge in [-0.15, -0.1) is 0 Å². The molecule has 168 valence electrons. The van der Waals surface area contributed by atoms with Gasteiger partial charge in [0, 0.05) is 41.8 Å². The predicted molar refractivity (Wildman–Crippen MR) is 126 cm³/mol. The fraction of sp³-hybridized carbons (Fsp3) is 0.143. The molecule has 0 spiro atoms. The molecule has 0 amide bonds. The zero-order valence-electron chi connectivity index (χ0n) is 17.3. The van der Waals surface area contributed by atoms with E-state index >= 15 is 0 Å². The standard InChI is InChI=1S/C21H18Cl2N8O2/c1-21(11-24,30-17-5-3-13(9-27-17)31(32)33)20-28-10-15(19-25-6-7-26-19)18(29-20)14-4-2-12(22)8-16(14)23/h2-10H,11,24H2,1H3,(H,25,26)(H,27,30). The molecule has 1 aromatic carbocycles. The first-order valence-electron chi connectivity index (χ1n) is 9.72. The molecular formula is C21H18Cl2N8O2. The molecule has 0 aliphatic heterocycles. The van der Waals surface area contributed by atoms with Gasteiger partial charge in [0.15, 0.2) is 5.82 Å². The van der Waals surface area contributed by atoms with Gasteiger partial charge >= 0.3 is 0 Å². The first-order valence-corrected chi connectivity index (χ1v) is 10.5. The lowest BCUT2D eigenvalue weighted by atomic mass is 9.99. The number of hydrogen-bond acceptors (Lipinski definition) is 8. The maximum Gasteiger partial charge on any atom is 0.287 e. The summed E-state index contributed by atoms with van der Waals surface area (Å²) in [4.78, 5) is 31.2. The summed E-state index contributed by atoms with van der Waals surface area (Å²) in [6.45, 7) is 1.92. The van der Waals surface area contributed by atoms with E-state index in [1.54, 1.807) is 36.8 Å². The Balaban J connectivity index is 1.80. The number of nitrogens with two attached hydrogens (primary N) is 1. The number of halogens is 2. The molecule has 33 heavy (non-hydrogen) atoms. The highest BCUT2D eigenvalue weighted by Crippen LogP contribution is 2.36. The van der Waals surface area contributed by atoms with Crippen LogP contribution in [0.4, 0.5) is 11.5 Å². The number of imidazole rings is 1. The quantitative estimate of drug-likeness (QED) is 0.257. The van der Waals surface area contributed by atoms with E-state index in [0.29, 0.717) is 44.3 Å². The Morgan fingerprint density at radius 1 is 1.15 bits per heavy atom. The Hall–Kier alpha value is -3.60. The molecule has 0 aliphatic rings. The van der Waals surface area contributed by atoms with Crippen molar-refractivity contribution >= 4 is 34.7 Å². The lowest BCUT2D eigenvalue weighted by Gasteiger charge is -2.29. The van der Waals surface area contributed by atoms with Crippen LogP contribution in [0.5, 0.6) is 0 Å². The van der Waals surface area contributed by atoms with E-state index in [4.69, 9.17) is 33.9 Å². The highest BCUT2D eigenvalue weighted by atomic mass is 35.5. The molecule has 3 aromatic heterocycles. The highest BCUT2D eigenvalue weighted by Gasteiger charge is 2.30. The van der Waals surface area contributed by atoms with E-state index < -0.39 is 10.5 Å². The van der Waals surface area contributed by atoms with Gasteiger partial charge in [-0.05, 0) is 31.2 Å². The molecule has 4 rings (SSSR count). The van der Waals surface area contributed by atoms with Gasteiger partial charge < -0.3 is 16.0 Å². The van der Waals surface area contributed by atoms with Crippen LogP contribution in [0, 0.1) is 10.1 Å². The number of aromatic amines is 1. The third-order valence-corrected chi connectivity index (χ3v) is 5.54. The van der Waals surface area contributed by atoms with Crippen LogP contribution in [0.3, 0.4) is 0 Å². The second-order valence-corrected chi connectivity index (χ2v) is 8.18. The topological polar surface area (TPSA) is 149 Å². The van der Waals surface area contributed by atoms with E-state index in [0.717, 1.165) is 0 Å². The Labute approximate surface area is 198 Å². The van der Waals surface area contributed by atoms with Gasteiger partial charge in [-0.3, -0.25) is 10.1 Å². The van der Waals surface area contributed by atoms with Gasteiger partial charge in [-0.2, -0.15) is 0 Å². The minimum atomic E-state index is -0.946. The second kappa shape index (κ2) is 9.10. The van der Waals surface area contributed by atoms with Gasteiger partial charge in [-0.1, -0.05) is 23.2 Å². The normalized spacial score (nSPS) is 12.8. The van der Waals surface area contributed by atoms with Crippen LogP contribution < -0.4 is 11.1 Å². The van der Waals surface area contributed by atoms with Crippen molar-refractivity contribution in [2.45, 2.75) is 12.5 Å². The molecule has 1 atom stereocenters. The van der Waals surface area contributed by atoms with Crippen molar-refractivity contribution in [3.8, 4) is 22.6 Å².